The summed E-state index contributed by atoms with van der Waals surface area (Å²) in [6.45, 7) is 6.68. The van der Waals surface area contributed by atoms with Crippen LogP contribution in [0.3, 0.4) is 0 Å². The van der Waals surface area contributed by atoms with Gasteiger partial charge in [-0.2, -0.15) is 0 Å². The number of piperazine rings is 1. The standard InChI is InChI=1S/C21H31N3O/c25-21-19(18-8-4-5-9-20(18)22-21)10-11-23-12-14-24(15-13-23)16-17-6-2-1-3-7-17/h1-3,6-7,18-20H,4-5,8-16H2,(H,22,25). The van der Waals surface area contributed by atoms with Crippen molar-refractivity contribution in [3.8, 4) is 0 Å². The van der Waals surface area contributed by atoms with E-state index in [2.05, 4.69) is 45.4 Å². The van der Waals surface area contributed by atoms with E-state index >= 15 is 0 Å². The molecule has 3 unspecified atom stereocenters. The molecular weight excluding hydrogens is 310 g/mol. The smallest absolute Gasteiger partial charge is 0.223 e. The molecule has 25 heavy (non-hydrogen) atoms. The van der Waals surface area contributed by atoms with E-state index in [1.165, 1.54) is 31.2 Å². The van der Waals surface area contributed by atoms with Crippen LogP contribution in [-0.4, -0.2) is 54.5 Å². The minimum Gasteiger partial charge on any atom is -0.353 e. The zero-order chi connectivity index (χ0) is 17.1. The molecule has 0 aromatic heterocycles. The summed E-state index contributed by atoms with van der Waals surface area (Å²) in [6.07, 6.45) is 6.10. The number of hydrogen-bond acceptors (Lipinski definition) is 3. The summed E-state index contributed by atoms with van der Waals surface area (Å²) in [4.78, 5) is 17.4. The molecule has 3 fully saturated rings. The number of nitrogens with one attached hydrogen (secondary N) is 1. The number of hydrogen-bond donors (Lipinski definition) is 1. The van der Waals surface area contributed by atoms with E-state index in [-0.39, 0.29) is 5.92 Å². The lowest BCUT2D eigenvalue weighted by atomic mass is 9.78. The van der Waals surface area contributed by atoms with Crippen LogP contribution in [-0.2, 0) is 11.3 Å². The molecule has 3 atom stereocenters. The highest BCUT2D eigenvalue weighted by Gasteiger charge is 2.42. The van der Waals surface area contributed by atoms with Gasteiger partial charge in [0, 0.05) is 44.7 Å². The quantitative estimate of drug-likeness (QED) is 0.894. The van der Waals surface area contributed by atoms with E-state index in [9.17, 15) is 4.79 Å². The maximum Gasteiger partial charge on any atom is 0.223 e. The summed E-state index contributed by atoms with van der Waals surface area (Å²) in [5.41, 5.74) is 1.40. The lowest BCUT2D eigenvalue weighted by Crippen LogP contribution is -2.46. The molecule has 1 amide bonds. The highest BCUT2D eigenvalue weighted by molar-refractivity contribution is 5.81. The highest BCUT2D eigenvalue weighted by Crippen LogP contribution is 2.37. The third kappa shape index (κ3) is 4.06. The summed E-state index contributed by atoms with van der Waals surface area (Å²) >= 11 is 0. The fourth-order valence-corrected chi connectivity index (χ4v) is 4.98. The molecule has 1 aromatic carbocycles. The number of carbonyl (C=O) groups excluding carboxylic acids is 1. The van der Waals surface area contributed by atoms with Crippen LogP contribution < -0.4 is 5.32 Å². The Hall–Kier alpha value is -1.39. The van der Waals surface area contributed by atoms with Gasteiger partial charge in [-0.15, -0.1) is 0 Å². The van der Waals surface area contributed by atoms with Crippen molar-refractivity contribution in [1.29, 1.82) is 0 Å². The van der Waals surface area contributed by atoms with Crippen LogP contribution in [0.1, 0.15) is 37.7 Å². The predicted molar refractivity (Wildman–Crippen MR) is 100 cm³/mol. The Balaban J connectivity index is 1.22. The molecular formula is C21H31N3O. The van der Waals surface area contributed by atoms with E-state index in [4.69, 9.17) is 0 Å². The Morgan fingerprint density at radius 2 is 1.68 bits per heavy atom. The van der Waals surface area contributed by atoms with Crippen molar-refractivity contribution in [2.75, 3.05) is 32.7 Å². The first-order valence-electron chi connectivity index (χ1n) is 10.1. The van der Waals surface area contributed by atoms with Gasteiger partial charge in [-0.3, -0.25) is 9.69 Å². The zero-order valence-corrected chi connectivity index (χ0v) is 15.2. The molecule has 2 aliphatic heterocycles. The number of fused-ring (bicyclic) bond motifs is 1. The molecule has 1 aliphatic carbocycles. The molecule has 0 radical (unpaired) electrons. The van der Waals surface area contributed by atoms with Crippen molar-refractivity contribution in [2.24, 2.45) is 11.8 Å². The normalized spacial score (nSPS) is 30.9. The van der Waals surface area contributed by atoms with E-state index in [0.29, 0.717) is 17.9 Å². The van der Waals surface area contributed by atoms with E-state index < -0.39 is 0 Å². The third-order valence-electron chi connectivity index (χ3n) is 6.47. The van der Waals surface area contributed by atoms with Crippen LogP contribution >= 0.6 is 0 Å². The van der Waals surface area contributed by atoms with Gasteiger partial charge in [0.15, 0.2) is 0 Å². The Labute approximate surface area is 151 Å². The number of benzene rings is 1. The molecule has 4 rings (SSSR count). The predicted octanol–water partition coefficient (Wildman–Crippen LogP) is 2.50. The van der Waals surface area contributed by atoms with E-state index in [1.54, 1.807) is 0 Å². The number of rotatable bonds is 5. The van der Waals surface area contributed by atoms with Crippen LogP contribution in [0.2, 0.25) is 0 Å². The number of nitrogens with zero attached hydrogens (tertiary/aromatic N) is 2. The van der Waals surface area contributed by atoms with E-state index in [1.807, 2.05) is 0 Å². The molecule has 0 spiro atoms. The SMILES string of the molecule is O=C1NC2CCCCC2C1CCN1CCN(Cc2ccccc2)CC1. The van der Waals surface area contributed by atoms with Crippen molar-refractivity contribution in [3.05, 3.63) is 35.9 Å². The van der Waals surface area contributed by atoms with Crippen LogP contribution in [0.5, 0.6) is 0 Å². The van der Waals surface area contributed by atoms with Crippen LogP contribution in [0.25, 0.3) is 0 Å². The van der Waals surface area contributed by atoms with Gasteiger partial charge >= 0.3 is 0 Å². The second kappa shape index (κ2) is 7.88. The minimum atomic E-state index is 0.271. The third-order valence-corrected chi connectivity index (χ3v) is 6.47. The molecule has 4 heteroatoms. The molecule has 2 heterocycles. The van der Waals surface area contributed by atoms with Crippen LogP contribution in [0.15, 0.2) is 30.3 Å². The van der Waals surface area contributed by atoms with Gasteiger partial charge in [-0.1, -0.05) is 43.2 Å². The average molecular weight is 341 g/mol. The summed E-state index contributed by atoms with van der Waals surface area (Å²) in [7, 11) is 0. The first-order chi connectivity index (χ1) is 12.3. The summed E-state index contributed by atoms with van der Waals surface area (Å²) in [5.74, 6) is 1.22. The van der Waals surface area contributed by atoms with Crippen LogP contribution in [0.4, 0.5) is 0 Å². The van der Waals surface area contributed by atoms with Crippen molar-refractivity contribution in [1.82, 2.24) is 15.1 Å². The van der Waals surface area contributed by atoms with Gasteiger partial charge in [-0.25, -0.2) is 0 Å². The highest BCUT2D eigenvalue weighted by atomic mass is 16.2. The first-order valence-corrected chi connectivity index (χ1v) is 10.1. The average Bonchev–Trinajstić information content (AvgIpc) is 2.97. The second-order valence-corrected chi connectivity index (χ2v) is 8.06. The monoisotopic (exact) mass is 341 g/mol. The zero-order valence-electron chi connectivity index (χ0n) is 15.2. The lowest BCUT2D eigenvalue weighted by molar-refractivity contribution is -0.123. The fraction of sp³-hybridized carbons (Fsp3) is 0.667. The minimum absolute atomic E-state index is 0.271. The summed E-state index contributed by atoms with van der Waals surface area (Å²) in [5, 5.41) is 3.26. The first kappa shape index (κ1) is 17.0. The number of carbonyl (C=O) groups is 1. The Morgan fingerprint density at radius 1 is 0.960 bits per heavy atom. The van der Waals surface area contributed by atoms with Crippen LogP contribution in [0, 0.1) is 11.8 Å². The van der Waals surface area contributed by atoms with Crippen molar-refractivity contribution in [2.45, 2.75) is 44.7 Å². The summed E-state index contributed by atoms with van der Waals surface area (Å²) in [6, 6.07) is 11.2. The van der Waals surface area contributed by atoms with Crippen molar-refractivity contribution in [3.63, 3.8) is 0 Å². The van der Waals surface area contributed by atoms with Gasteiger partial charge in [0.1, 0.15) is 0 Å². The molecule has 4 nitrogen and oxygen atoms in total. The van der Waals surface area contributed by atoms with Gasteiger partial charge in [-0.05, 0) is 37.3 Å². The molecule has 3 aliphatic rings. The molecule has 136 valence electrons. The van der Waals surface area contributed by atoms with Crippen molar-refractivity contribution >= 4 is 5.91 Å². The Morgan fingerprint density at radius 3 is 2.48 bits per heavy atom. The largest absolute Gasteiger partial charge is 0.353 e. The van der Waals surface area contributed by atoms with Gasteiger partial charge < -0.3 is 10.2 Å². The lowest BCUT2D eigenvalue weighted by Gasteiger charge is -2.35. The summed E-state index contributed by atoms with van der Waals surface area (Å²) < 4.78 is 0. The van der Waals surface area contributed by atoms with E-state index in [0.717, 1.165) is 45.7 Å². The Kier molecular flexibility index (Phi) is 5.37. The molecule has 1 N–H and O–H groups in total. The molecule has 2 saturated heterocycles. The van der Waals surface area contributed by atoms with Gasteiger partial charge in [0.25, 0.3) is 0 Å². The molecule has 1 aromatic rings. The molecule has 0 bridgehead atoms. The Bertz CT molecular complexity index is 568. The maximum atomic E-state index is 12.3. The topological polar surface area (TPSA) is 35.6 Å². The second-order valence-electron chi connectivity index (χ2n) is 8.06. The number of amides is 1. The maximum absolute atomic E-state index is 12.3. The van der Waals surface area contributed by atoms with Gasteiger partial charge in [0.05, 0.1) is 0 Å². The van der Waals surface area contributed by atoms with Crippen molar-refractivity contribution < 1.29 is 4.79 Å². The van der Waals surface area contributed by atoms with Gasteiger partial charge in [0.2, 0.25) is 5.91 Å². The molecule has 1 saturated carbocycles. The fourth-order valence-electron chi connectivity index (χ4n) is 4.98.